The number of anilines is 2. The fraction of sp³-hybridized carbons (Fsp3) is 0.360. The highest BCUT2D eigenvalue weighted by molar-refractivity contribution is 5.97. The first-order chi connectivity index (χ1) is 17.6. The van der Waals surface area contributed by atoms with Crippen molar-refractivity contribution < 1.29 is 28.5 Å². The Bertz CT molecular complexity index is 1350. The van der Waals surface area contributed by atoms with Crippen LogP contribution < -0.4 is 29.7 Å². The van der Waals surface area contributed by atoms with Crippen molar-refractivity contribution in [1.82, 2.24) is 15.3 Å². The minimum absolute atomic E-state index is 0.0117. The number of methoxy groups -OCH3 is 1. The number of fused-ring (bicyclic) bond motifs is 4. The number of benzene rings is 1. The number of nitrogens with one attached hydrogen (secondary N) is 2. The number of ether oxygens (including phenoxy) is 4. The normalized spacial score (nSPS) is 20.3. The first kappa shape index (κ1) is 22.4. The molecule has 0 aliphatic carbocycles. The number of carbonyl (C=O) groups is 2. The van der Waals surface area contributed by atoms with E-state index in [2.05, 4.69) is 20.6 Å². The Morgan fingerprint density at radius 1 is 1.19 bits per heavy atom. The second-order valence-electron chi connectivity index (χ2n) is 8.89. The van der Waals surface area contributed by atoms with E-state index in [4.69, 9.17) is 18.9 Å². The lowest BCUT2D eigenvalue weighted by atomic mass is 9.97. The van der Waals surface area contributed by atoms with Crippen molar-refractivity contribution in [3.05, 3.63) is 42.1 Å². The molecule has 2 aromatic heterocycles. The molecular formula is C25H25N5O6. The smallest absolute Gasteiger partial charge is 0.414 e. The second kappa shape index (κ2) is 9.15. The Kier molecular flexibility index (Phi) is 5.68. The van der Waals surface area contributed by atoms with Crippen molar-refractivity contribution in [2.45, 2.75) is 18.4 Å². The van der Waals surface area contributed by atoms with E-state index in [0.29, 0.717) is 42.7 Å². The van der Waals surface area contributed by atoms with Crippen molar-refractivity contribution in [2.75, 3.05) is 50.2 Å². The minimum atomic E-state index is -0.415. The van der Waals surface area contributed by atoms with Gasteiger partial charge < -0.3 is 29.6 Å². The zero-order valence-electron chi connectivity index (χ0n) is 19.7. The summed E-state index contributed by atoms with van der Waals surface area (Å²) in [6.07, 6.45) is 1.88. The van der Waals surface area contributed by atoms with Gasteiger partial charge >= 0.3 is 6.09 Å². The summed E-state index contributed by atoms with van der Waals surface area (Å²) in [4.78, 5) is 34.7. The summed E-state index contributed by atoms with van der Waals surface area (Å²) in [5.74, 6) is 1.84. The first-order valence-corrected chi connectivity index (χ1v) is 11.8. The highest BCUT2D eigenvalue weighted by Crippen LogP contribution is 2.39. The van der Waals surface area contributed by atoms with Gasteiger partial charge in [0.1, 0.15) is 23.1 Å². The summed E-state index contributed by atoms with van der Waals surface area (Å²) in [5, 5.41) is 6.17. The first-order valence-electron chi connectivity index (χ1n) is 11.8. The van der Waals surface area contributed by atoms with E-state index in [-0.39, 0.29) is 24.5 Å². The lowest BCUT2D eigenvalue weighted by Crippen LogP contribution is -2.32. The van der Waals surface area contributed by atoms with Gasteiger partial charge in [-0.2, -0.15) is 0 Å². The Labute approximate surface area is 206 Å². The molecule has 2 atom stereocenters. The van der Waals surface area contributed by atoms with Crippen LogP contribution in [0.4, 0.5) is 16.2 Å². The van der Waals surface area contributed by atoms with E-state index in [1.165, 1.54) is 0 Å². The molecule has 3 aromatic rings. The largest absolute Gasteiger partial charge is 0.491 e. The number of cyclic esters (lactones) is 1. The third-order valence-electron chi connectivity index (χ3n) is 6.57. The standard InChI is InChI=1S/C25H25N5O6/c1-33-22-5-3-17-24(29-22)23-14(12-34-20(23)10-27-17)6-7-26-9-16-11-30(25(32)36-16)15-2-4-19-18(8-15)28-21(31)13-35-19/h2-5,8,10,14,16,26H,6-7,9,11-13H2,1H3,(H,28,31)/t14-,16?/m1/s1. The van der Waals surface area contributed by atoms with Crippen LogP contribution in [0, 0.1) is 0 Å². The molecule has 0 saturated carbocycles. The Morgan fingerprint density at radius 3 is 3.00 bits per heavy atom. The molecule has 11 nitrogen and oxygen atoms in total. The molecule has 2 N–H and O–H groups in total. The van der Waals surface area contributed by atoms with E-state index < -0.39 is 6.09 Å². The Balaban J connectivity index is 1.05. The predicted octanol–water partition coefficient (Wildman–Crippen LogP) is 2.45. The monoisotopic (exact) mass is 491 g/mol. The van der Waals surface area contributed by atoms with Gasteiger partial charge in [-0.25, -0.2) is 9.78 Å². The Hall–Kier alpha value is -4.12. The molecule has 0 bridgehead atoms. The molecule has 1 unspecified atom stereocenters. The molecule has 36 heavy (non-hydrogen) atoms. The molecule has 0 spiro atoms. The summed E-state index contributed by atoms with van der Waals surface area (Å²) in [6.45, 7) is 2.21. The molecule has 2 amide bonds. The molecule has 6 rings (SSSR count). The Morgan fingerprint density at radius 2 is 2.11 bits per heavy atom. The number of pyridine rings is 2. The van der Waals surface area contributed by atoms with Crippen molar-refractivity contribution >= 4 is 34.4 Å². The molecule has 3 aliphatic heterocycles. The number of amides is 2. The van der Waals surface area contributed by atoms with E-state index >= 15 is 0 Å². The second-order valence-corrected chi connectivity index (χ2v) is 8.89. The molecule has 1 fully saturated rings. The highest BCUT2D eigenvalue weighted by Gasteiger charge is 2.33. The number of nitrogens with zero attached hydrogens (tertiary/aromatic N) is 3. The minimum Gasteiger partial charge on any atom is -0.491 e. The zero-order chi connectivity index (χ0) is 24.6. The summed E-state index contributed by atoms with van der Waals surface area (Å²) < 4.78 is 22.1. The summed E-state index contributed by atoms with van der Waals surface area (Å²) >= 11 is 0. The molecule has 0 radical (unpaired) electrons. The van der Waals surface area contributed by atoms with Gasteiger partial charge in [-0.05, 0) is 37.2 Å². The average Bonchev–Trinajstić information content (AvgIpc) is 3.49. The fourth-order valence-electron chi connectivity index (χ4n) is 4.79. The van der Waals surface area contributed by atoms with Crippen LogP contribution in [0.5, 0.6) is 17.4 Å². The number of aromatic nitrogens is 2. The number of hydrogen-bond donors (Lipinski definition) is 2. The lowest BCUT2D eigenvalue weighted by Gasteiger charge is -2.20. The SMILES string of the molecule is COc1ccc2ncc3c(c2n1)[C@H](CCNCC1CN(c2ccc4c(c2)NC(=O)CO4)C(=O)O1)CO3. The van der Waals surface area contributed by atoms with Crippen LogP contribution in [0.15, 0.2) is 36.5 Å². The molecule has 11 heteroatoms. The third-order valence-corrected chi connectivity index (χ3v) is 6.57. The van der Waals surface area contributed by atoms with Crippen LogP contribution in [0.1, 0.15) is 17.9 Å². The van der Waals surface area contributed by atoms with E-state index in [1.54, 1.807) is 42.5 Å². The van der Waals surface area contributed by atoms with Crippen LogP contribution >= 0.6 is 0 Å². The molecule has 5 heterocycles. The van der Waals surface area contributed by atoms with Gasteiger partial charge in [-0.15, -0.1) is 0 Å². The van der Waals surface area contributed by atoms with Gasteiger partial charge in [0, 0.05) is 29.8 Å². The van der Waals surface area contributed by atoms with Gasteiger partial charge in [0.2, 0.25) is 5.88 Å². The molecule has 186 valence electrons. The van der Waals surface area contributed by atoms with Crippen LogP contribution in [0.3, 0.4) is 0 Å². The lowest BCUT2D eigenvalue weighted by molar-refractivity contribution is -0.118. The maximum Gasteiger partial charge on any atom is 0.414 e. The van der Waals surface area contributed by atoms with Crippen LogP contribution in [0.2, 0.25) is 0 Å². The maximum absolute atomic E-state index is 12.5. The number of carbonyl (C=O) groups excluding carboxylic acids is 2. The van der Waals surface area contributed by atoms with Gasteiger partial charge in [-0.1, -0.05) is 0 Å². The predicted molar refractivity (Wildman–Crippen MR) is 130 cm³/mol. The maximum atomic E-state index is 12.5. The van der Waals surface area contributed by atoms with Crippen molar-refractivity contribution in [3.63, 3.8) is 0 Å². The van der Waals surface area contributed by atoms with Crippen molar-refractivity contribution in [3.8, 4) is 17.4 Å². The van der Waals surface area contributed by atoms with Gasteiger partial charge in [0.15, 0.2) is 6.61 Å². The molecular weight excluding hydrogens is 466 g/mol. The number of rotatable bonds is 7. The van der Waals surface area contributed by atoms with Crippen LogP contribution in [-0.2, 0) is 9.53 Å². The zero-order valence-corrected chi connectivity index (χ0v) is 19.7. The number of hydrogen-bond acceptors (Lipinski definition) is 9. The van der Waals surface area contributed by atoms with E-state index in [1.807, 2.05) is 6.07 Å². The molecule has 3 aliphatic rings. The fourth-order valence-corrected chi connectivity index (χ4v) is 4.79. The van der Waals surface area contributed by atoms with Gasteiger partial charge in [-0.3, -0.25) is 14.7 Å². The van der Waals surface area contributed by atoms with Crippen molar-refractivity contribution in [1.29, 1.82) is 0 Å². The van der Waals surface area contributed by atoms with E-state index in [0.717, 1.165) is 35.3 Å². The topological polar surface area (TPSA) is 124 Å². The van der Waals surface area contributed by atoms with Crippen molar-refractivity contribution in [2.24, 2.45) is 0 Å². The molecule has 1 aromatic carbocycles. The van der Waals surface area contributed by atoms with Gasteiger partial charge in [0.25, 0.3) is 5.91 Å². The van der Waals surface area contributed by atoms with Crippen LogP contribution in [-0.4, -0.2) is 68.0 Å². The quantitative estimate of drug-likeness (QED) is 0.480. The van der Waals surface area contributed by atoms with Crippen LogP contribution in [0.25, 0.3) is 11.0 Å². The third kappa shape index (κ3) is 4.11. The van der Waals surface area contributed by atoms with E-state index in [9.17, 15) is 9.59 Å². The molecule has 1 saturated heterocycles. The summed E-state index contributed by atoms with van der Waals surface area (Å²) in [5.41, 5.74) is 3.87. The summed E-state index contributed by atoms with van der Waals surface area (Å²) in [6, 6.07) is 8.96. The highest BCUT2D eigenvalue weighted by atomic mass is 16.6. The summed E-state index contributed by atoms with van der Waals surface area (Å²) in [7, 11) is 1.59. The van der Waals surface area contributed by atoms with Gasteiger partial charge in [0.05, 0.1) is 37.7 Å². The average molecular weight is 492 g/mol.